The number of carboxylic acid groups (broad SMARTS) is 1. The lowest BCUT2D eigenvalue weighted by molar-refractivity contribution is -0.131. The third kappa shape index (κ3) is 4.17. The topological polar surface area (TPSA) is 56.3 Å². The minimum absolute atomic E-state index is 0.00676. The van der Waals surface area contributed by atoms with E-state index in [0.717, 1.165) is 40.8 Å². The number of alkyl halides is 1. The van der Waals surface area contributed by atoms with Crippen LogP contribution in [0.5, 0.6) is 0 Å². The summed E-state index contributed by atoms with van der Waals surface area (Å²) >= 11 is 0. The van der Waals surface area contributed by atoms with Crippen molar-refractivity contribution in [3.8, 4) is 0 Å². The SMILES string of the molecule is C[C@H]1Cc2c([nH]c3ccccc23)[C@@H](c2c(F)cc(/C=C/C(=O)O)cc2F)N1CC(C)(C)F. The number of aliphatic carboxylic acids is 1. The summed E-state index contributed by atoms with van der Waals surface area (Å²) in [7, 11) is 0. The highest BCUT2D eigenvalue weighted by Gasteiger charge is 2.40. The van der Waals surface area contributed by atoms with Crippen molar-refractivity contribution in [1.82, 2.24) is 9.88 Å². The molecule has 7 heteroatoms. The van der Waals surface area contributed by atoms with Crippen molar-refractivity contribution < 1.29 is 23.1 Å². The van der Waals surface area contributed by atoms with E-state index in [1.165, 1.54) is 13.8 Å². The van der Waals surface area contributed by atoms with Gasteiger partial charge in [-0.25, -0.2) is 18.0 Å². The lowest BCUT2D eigenvalue weighted by atomic mass is 9.87. The van der Waals surface area contributed by atoms with E-state index < -0.39 is 29.3 Å². The van der Waals surface area contributed by atoms with E-state index in [1.54, 1.807) is 4.90 Å². The van der Waals surface area contributed by atoms with Gasteiger partial charge in [0.05, 0.1) is 6.04 Å². The molecule has 168 valence electrons. The molecule has 1 aromatic heterocycles. The highest BCUT2D eigenvalue weighted by Crippen LogP contribution is 2.43. The lowest BCUT2D eigenvalue weighted by Gasteiger charge is -2.43. The van der Waals surface area contributed by atoms with Gasteiger partial charge in [-0.05, 0) is 62.6 Å². The van der Waals surface area contributed by atoms with E-state index in [2.05, 4.69) is 4.98 Å². The molecule has 0 radical (unpaired) electrons. The van der Waals surface area contributed by atoms with Gasteiger partial charge < -0.3 is 10.1 Å². The van der Waals surface area contributed by atoms with E-state index in [1.807, 2.05) is 31.2 Å². The number of fused-ring (bicyclic) bond motifs is 3. The van der Waals surface area contributed by atoms with Gasteiger partial charge in [0.1, 0.15) is 17.3 Å². The van der Waals surface area contributed by atoms with E-state index >= 15 is 8.78 Å². The zero-order valence-corrected chi connectivity index (χ0v) is 18.1. The van der Waals surface area contributed by atoms with Crippen LogP contribution in [0, 0.1) is 11.6 Å². The normalized spacial score (nSPS) is 19.6. The van der Waals surface area contributed by atoms with Crippen molar-refractivity contribution in [2.24, 2.45) is 0 Å². The van der Waals surface area contributed by atoms with Crippen LogP contribution < -0.4 is 0 Å². The Morgan fingerprint density at radius 1 is 1.25 bits per heavy atom. The van der Waals surface area contributed by atoms with Crippen LogP contribution in [-0.4, -0.2) is 39.2 Å². The van der Waals surface area contributed by atoms with Gasteiger partial charge in [-0.1, -0.05) is 18.2 Å². The number of halogens is 3. The van der Waals surface area contributed by atoms with E-state index in [0.29, 0.717) is 12.1 Å². The number of hydrogen-bond donors (Lipinski definition) is 2. The summed E-state index contributed by atoms with van der Waals surface area (Å²) in [6, 6.07) is 8.88. The van der Waals surface area contributed by atoms with Crippen LogP contribution in [0.4, 0.5) is 13.2 Å². The zero-order chi connectivity index (χ0) is 23.2. The Hall–Kier alpha value is -3.06. The molecule has 2 heterocycles. The zero-order valence-electron chi connectivity index (χ0n) is 18.1. The van der Waals surface area contributed by atoms with Gasteiger partial charge in [0.2, 0.25) is 0 Å². The number of hydrogen-bond acceptors (Lipinski definition) is 2. The average Bonchev–Trinajstić information content (AvgIpc) is 3.05. The largest absolute Gasteiger partial charge is 0.478 e. The van der Waals surface area contributed by atoms with Crippen molar-refractivity contribution in [3.63, 3.8) is 0 Å². The van der Waals surface area contributed by atoms with E-state index in [4.69, 9.17) is 5.11 Å². The summed E-state index contributed by atoms with van der Waals surface area (Å²) in [4.78, 5) is 15.9. The Labute approximate surface area is 184 Å². The van der Waals surface area contributed by atoms with Gasteiger partial charge in [-0.2, -0.15) is 0 Å². The molecule has 2 N–H and O–H groups in total. The van der Waals surface area contributed by atoms with Crippen molar-refractivity contribution in [2.75, 3.05) is 6.54 Å². The first kappa shape index (κ1) is 22.1. The van der Waals surface area contributed by atoms with Crippen LogP contribution >= 0.6 is 0 Å². The maximum atomic E-state index is 15.3. The first-order valence-corrected chi connectivity index (χ1v) is 10.5. The number of rotatable bonds is 5. The van der Waals surface area contributed by atoms with Gasteiger partial charge in [-0.3, -0.25) is 4.90 Å². The highest BCUT2D eigenvalue weighted by atomic mass is 19.1. The Balaban J connectivity index is 1.92. The number of aromatic nitrogens is 1. The maximum absolute atomic E-state index is 15.3. The molecule has 0 fully saturated rings. The van der Waals surface area contributed by atoms with Gasteiger partial charge >= 0.3 is 5.97 Å². The standard InChI is InChI=1S/C25H25F3N2O2/c1-14-10-17-16-6-4-5-7-20(16)29-23(17)24(30(14)13-25(2,3)28)22-18(26)11-15(12-19(22)27)8-9-21(31)32/h4-9,11-12,14,24,29H,10,13H2,1-3H3,(H,31,32)/b9-8+/t14-,24+/m0/s1. The van der Waals surface area contributed by atoms with Crippen LogP contribution in [0.2, 0.25) is 0 Å². The monoisotopic (exact) mass is 442 g/mol. The molecule has 0 unspecified atom stereocenters. The molecule has 3 aromatic rings. The second-order valence-corrected chi connectivity index (χ2v) is 8.98. The van der Waals surface area contributed by atoms with Gasteiger partial charge in [0.25, 0.3) is 0 Å². The average molecular weight is 442 g/mol. The van der Waals surface area contributed by atoms with E-state index in [-0.39, 0.29) is 23.7 Å². The highest BCUT2D eigenvalue weighted by molar-refractivity contribution is 5.86. The summed E-state index contributed by atoms with van der Waals surface area (Å²) in [5.74, 6) is -2.82. The number of nitrogens with one attached hydrogen (secondary N) is 1. The molecule has 0 spiro atoms. The van der Waals surface area contributed by atoms with Gasteiger partial charge in [-0.15, -0.1) is 0 Å². The second kappa shape index (κ2) is 8.13. The molecular formula is C25H25F3N2O2. The van der Waals surface area contributed by atoms with Crippen molar-refractivity contribution in [3.05, 3.63) is 76.5 Å². The smallest absolute Gasteiger partial charge is 0.328 e. The molecule has 0 saturated heterocycles. The third-order valence-corrected chi connectivity index (χ3v) is 5.87. The fourth-order valence-corrected chi connectivity index (χ4v) is 4.63. The first-order valence-electron chi connectivity index (χ1n) is 10.5. The molecule has 1 aliphatic heterocycles. The van der Waals surface area contributed by atoms with Crippen molar-refractivity contribution >= 4 is 22.9 Å². The number of benzene rings is 2. The number of para-hydroxylation sites is 1. The third-order valence-electron chi connectivity index (χ3n) is 5.87. The Morgan fingerprint density at radius 3 is 2.53 bits per heavy atom. The molecule has 4 nitrogen and oxygen atoms in total. The van der Waals surface area contributed by atoms with Crippen LogP contribution in [0.1, 0.15) is 49.2 Å². The minimum Gasteiger partial charge on any atom is -0.478 e. The molecule has 32 heavy (non-hydrogen) atoms. The molecule has 1 aliphatic rings. The number of nitrogens with zero attached hydrogens (tertiary/aromatic N) is 1. The van der Waals surface area contributed by atoms with Crippen LogP contribution in [0.3, 0.4) is 0 Å². The van der Waals surface area contributed by atoms with Crippen LogP contribution in [-0.2, 0) is 11.2 Å². The molecule has 4 rings (SSSR count). The Kier molecular flexibility index (Phi) is 5.63. The van der Waals surface area contributed by atoms with Crippen LogP contribution in [0.25, 0.3) is 17.0 Å². The fraction of sp³-hybridized carbons (Fsp3) is 0.320. The Morgan fingerprint density at radius 2 is 1.91 bits per heavy atom. The van der Waals surface area contributed by atoms with Crippen molar-refractivity contribution in [1.29, 1.82) is 0 Å². The van der Waals surface area contributed by atoms with Gasteiger partial charge in [0, 0.05) is 40.8 Å². The quantitative estimate of drug-likeness (QED) is 0.504. The van der Waals surface area contributed by atoms with Gasteiger partial charge in [0.15, 0.2) is 0 Å². The first-order chi connectivity index (χ1) is 15.0. The summed E-state index contributed by atoms with van der Waals surface area (Å²) in [6.45, 7) is 4.82. The molecule has 0 bridgehead atoms. The summed E-state index contributed by atoms with van der Waals surface area (Å²) in [6.07, 6.45) is 2.58. The maximum Gasteiger partial charge on any atom is 0.328 e. The summed E-state index contributed by atoms with van der Waals surface area (Å²) in [5.41, 5.74) is 0.829. The number of aromatic amines is 1. The summed E-state index contributed by atoms with van der Waals surface area (Å²) in [5, 5.41) is 9.79. The fourth-order valence-electron chi connectivity index (χ4n) is 4.63. The Bertz CT molecular complexity index is 1190. The second-order valence-electron chi connectivity index (χ2n) is 8.98. The number of carbonyl (C=O) groups is 1. The molecule has 0 saturated carbocycles. The van der Waals surface area contributed by atoms with Crippen molar-refractivity contribution in [2.45, 2.75) is 44.9 Å². The molecular weight excluding hydrogens is 417 g/mol. The number of carboxylic acids is 1. The molecule has 0 amide bonds. The predicted octanol–water partition coefficient (Wildman–Crippen LogP) is 5.63. The molecule has 2 atom stereocenters. The summed E-state index contributed by atoms with van der Waals surface area (Å²) < 4.78 is 45.4. The molecule has 0 aliphatic carbocycles. The lowest BCUT2D eigenvalue weighted by Crippen LogP contribution is -2.48. The minimum atomic E-state index is -1.58. The van der Waals surface area contributed by atoms with E-state index in [9.17, 15) is 9.18 Å². The number of H-pyrrole nitrogens is 1. The molecule has 2 aromatic carbocycles. The van der Waals surface area contributed by atoms with Crippen LogP contribution in [0.15, 0.2) is 42.5 Å². The predicted molar refractivity (Wildman–Crippen MR) is 118 cm³/mol.